The van der Waals surface area contributed by atoms with Gasteiger partial charge in [0.2, 0.25) is 21.8 Å². The second-order valence-electron chi connectivity index (χ2n) is 6.47. The topological polar surface area (TPSA) is 101 Å². The van der Waals surface area contributed by atoms with E-state index < -0.39 is 10.0 Å². The van der Waals surface area contributed by atoms with Crippen LogP contribution in [0.3, 0.4) is 0 Å². The number of carbonyl (C=O) groups excluding carboxylic acids is 1. The summed E-state index contributed by atoms with van der Waals surface area (Å²) in [6, 6.07) is 9.33. The molecule has 1 aromatic heterocycles. The van der Waals surface area contributed by atoms with Gasteiger partial charge in [-0.25, -0.2) is 18.1 Å². The number of piperidine rings is 1. The first kappa shape index (κ1) is 19.2. The van der Waals surface area contributed by atoms with Gasteiger partial charge < -0.3 is 9.64 Å². The zero-order chi connectivity index (χ0) is 19.3. The molecule has 8 nitrogen and oxygen atoms in total. The normalized spacial score (nSPS) is 17.5. The molecule has 1 aliphatic heterocycles. The molecule has 0 saturated carbocycles. The van der Waals surface area contributed by atoms with Crippen molar-refractivity contribution in [3.05, 3.63) is 48.4 Å². The lowest BCUT2D eigenvalue weighted by atomic mass is 9.95. The largest absolute Gasteiger partial charge is 0.437 e. The Morgan fingerprint density at radius 1 is 1.30 bits per heavy atom. The molecule has 1 amide bonds. The van der Waals surface area contributed by atoms with Crippen molar-refractivity contribution in [3.63, 3.8) is 0 Å². The van der Waals surface area contributed by atoms with Crippen molar-refractivity contribution in [2.75, 3.05) is 25.9 Å². The average Bonchev–Trinajstić information content (AvgIpc) is 2.67. The summed E-state index contributed by atoms with van der Waals surface area (Å²) in [6.45, 7) is 0.858. The minimum absolute atomic E-state index is 0.0350. The average molecular weight is 390 g/mol. The lowest BCUT2D eigenvalue weighted by molar-refractivity contribution is -0.131. The third-order valence-corrected chi connectivity index (χ3v) is 4.94. The highest BCUT2D eigenvalue weighted by Gasteiger charge is 2.26. The van der Waals surface area contributed by atoms with E-state index in [0.29, 0.717) is 24.7 Å². The molecule has 3 rings (SSSR count). The molecule has 144 valence electrons. The maximum atomic E-state index is 12.3. The quantitative estimate of drug-likeness (QED) is 0.803. The number of amides is 1. The Balaban J connectivity index is 1.65. The van der Waals surface area contributed by atoms with Crippen LogP contribution in [0.2, 0.25) is 0 Å². The Bertz CT molecular complexity index is 889. The van der Waals surface area contributed by atoms with E-state index in [0.717, 1.165) is 24.8 Å². The lowest BCUT2D eigenvalue weighted by Crippen LogP contribution is -2.44. The SMILES string of the molecule is CS(=O)(=O)NCC(=O)N1CCCC(c2cncc(Oc3ccccc3)n2)C1. The van der Waals surface area contributed by atoms with Crippen LogP contribution in [0.5, 0.6) is 11.6 Å². The summed E-state index contributed by atoms with van der Waals surface area (Å²) in [5.74, 6) is 0.875. The van der Waals surface area contributed by atoms with Crippen LogP contribution in [0.25, 0.3) is 0 Å². The van der Waals surface area contributed by atoms with E-state index in [1.54, 1.807) is 17.3 Å². The van der Waals surface area contributed by atoms with Crippen molar-refractivity contribution < 1.29 is 17.9 Å². The number of benzene rings is 1. The van der Waals surface area contributed by atoms with Crippen LogP contribution in [-0.2, 0) is 14.8 Å². The van der Waals surface area contributed by atoms with E-state index >= 15 is 0 Å². The Morgan fingerprint density at radius 3 is 2.81 bits per heavy atom. The van der Waals surface area contributed by atoms with Crippen molar-refractivity contribution in [1.29, 1.82) is 0 Å². The predicted octanol–water partition coefficient (Wildman–Crippen LogP) is 1.52. The number of aromatic nitrogens is 2. The molecule has 0 aliphatic carbocycles. The van der Waals surface area contributed by atoms with Crippen LogP contribution in [0, 0.1) is 0 Å². The van der Waals surface area contributed by atoms with Crippen molar-refractivity contribution in [3.8, 4) is 11.6 Å². The Kier molecular flexibility index (Phi) is 6.02. The first-order valence-electron chi connectivity index (χ1n) is 8.68. The van der Waals surface area contributed by atoms with Gasteiger partial charge in [-0.15, -0.1) is 0 Å². The zero-order valence-electron chi connectivity index (χ0n) is 15.0. The molecule has 1 aromatic carbocycles. The number of rotatable bonds is 6. The highest BCUT2D eigenvalue weighted by Crippen LogP contribution is 2.27. The van der Waals surface area contributed by atoms with E-state index in [1.807, 2.05) is 30.3 Å². The highest BCUT2D eigenvalue weighted by atomic mass is 32.2. The maximum Gasteiger partial charge on any atom is 0.238 e. The minimum atomic E-state index is -3.40. The van der Waals surface area contributed by atoms with Crippen LogP contribution in [0.1, 0.15) is 24.5 Å². The molecule has 1 atom stereocenters. The van der Waals surface area contributed by atoms with Gasteiger partial charge in [-0.3, -0.25) is 9.78 Å². The van der Waals surface area contributed by atoms with E-state index in [1.165, 1.54) is 0 Å². The van der Waals surface area contributed by atoms with E-state index in [4.69, 9.17) is 4.74 Å². The summed E-state index contributed by atoms with van der Waals surface area (Å²) in [4.78, 5) is 22.7. The van der Waals surface area contributed by atoms with Gasteiger partial charge in [0.25, 0.3) is 0 Å². The molecule has 1 aliphatic rings. The van der Waals surface area contributed by atoms with Crippen LogP contribution < -0.4 is 9.46 Å². The number of nitrogens with zero attached hydrogens (tertiary/aromatic N) is 3. The zero-order valence-corrected chi connectivity index (χ0v) is 15.9. The third kappa shape index (κ3) is 5.73. The minimum Gasteiger partial charge on any atom is -0.437 e. The summed E-state index contributed by atoms with van der Waals surface area (Å²) in [5, 5.41) is 0. The van der Waals surface area contributed by atoms with Crippen molar-refractivity contribution in [1.82, 2.24) is 19.6 Å². The lowest BCUT2D eigenvalue weighted by Gasteiger charge is -2.32. The van der Waals surface area contributed by atoms with Crippen LogP contribution >= 0.6 is 0 Å². The number of ether oxygens (including phenoxy) is 1. The fourth-order valence-corrected chi connectivity index (χ4v) is 3.35. The molecule has 2 heterocycles. The van der Waals surface area contributed by atoms with Crippen molar-refractivity contribution in [2.45, 2.75) is 18.8 Å². The molecule has 1 saturated heterocycles. The number of hydrogen-bond donors (Lipinski definition) is 1. The van der Waals surface area contributed by atoms with Gasteiger partial charge in [-0.05, 0) is 25.0 Å². The van der Waals surface area contributed by atoms with Crippen molar-refractivity contribution >= 4 is 15.9 Å². The molecular formula is C18H22N4O4S. The summed E-state index contributed by atoms with van der Waals surface area (Å²) in [6.07, 6.45) is 5.98. The number of para-hydroxylation sites is 1. The van der Waals surface area contributed by atoms with E-state index in [-0.39, 0.29) is 18.4 Å². The molecular weight excluding hydrogens is 368 g/mol. The molecule has 27 heavy (non-hydrogen) atoms. The number of carbonyl (C=O) groups is 1. The van der Waals surface area contributed by atoms with E-state index in [9.17, 15) is 13.2 Å². The standard InChI is InChI=1S/C18H22N4O4S/c1-27(24,25)20-12-18(23)22-9-5-6-14(13-22)16-10-19-11-17(21-16)26-15-7-3-2-4-8-15/h2-4,7-8,10-11,14,20H,5-6,9,12-13H2,1H3. The monoisotopic (exact) mass is 390 g/mol. The Labute approximate surface area is 158 Å². The van der Waals surface area contributed by atoms with Gasteiger partial charge in [0.1, 0.15) is 5.75 Å². The number of nitrogens with one attached hydrogen (secondary N) is 1. The molecule has 1 unspecified atom stereocenters. The first-order valence-corrected chi connectivity index (χ1v) is 10.6. The van der Waals surface area contributed by atoms with Gasteiger partial charge in [0.05, 0.1) is 24.7 Å². The van der Waals surface area contributed by atoms with Gasteiger partial charge in [0, 0.05) is 25.2 Å². The summed E-state index contributed by atoms with van der Waals surface area (Å²) >= 11 is 0. The molecule has 0 bridgehead atoms. The Hall–Kier alpha value is -2.52. The number of likely N-dealkylation sites (tertiary alicyclic amines) is 1. The van der Waals surface area contributed by atoms with Crippen LogP contribution in [-0.4, -0.2) is 55.1 Å². The number of sulfonamides is 1. The van der Waals surface area contributed by atoms with Gasteiger partial charge >= 0.3 is 0 Å². The fraction of sp³-hybridized carbons (Fsp3) is 0.389. The summed E-state index contributed by atoms with van der Waals surface area (Å²) in [5.41, 5.74) is 0.761. The molecule has 0 radical (unpaired) electrons. The van der Waals surface area contributed by atoms with Crippen molar-refractivity contribution in [2.24, 2.45) is 0 Å². The second-order valence-corrected chi connectivity index (χ2v) is 8.30. The molecule has 9 heteroatoms. The predicted molar refractivity (Wildman–Crippen MR) is 99.9 cm³/mol. The second kappa shape index (κ2) is 8.45. The molecule has 2 aromatic rings. The summed E-state index contributed by atoms with van der Waals surface area (Å²) in [7, 11) is -3.40. The van der Waals surface area contributed by atoms with Gasteiger partial charge in [-0.1, -0.05) is 18.2 Å². The summed E-state index contributed by atoms with van der Waals surface area (Å²) < 4.78 is 30.3. The molecule has 1 fully saturated rings. The smallest absolute Gasteiger partial charge is 0.238 e. The van der Waals surface area contributed by atoms with E-state index in [2.05, 4.69) is 14.7 Å². The maximum absolute atomic E-state index is 12.3. The van der Waals surface area contributed by atoms with Crippen LogP contribution in [0.15, 0.2) is 42.7 Å². The molecule has 0 spiro atoms. The Morgan fingerprint density at radius 2 is 2.07 bits per heavy atom. The molecule has 1 N–H and O–H groups in total. The van der Waals surface area contributed by atoms with Gasteiger partial charge in [-0.2, -0.15) is 0 Å². The third-order valence-electron chi connectivity index (χ3n) is 4.27. The van der Waals surface area contributed by atoms with Crippen LogP contribution in [0.4, 0.5) is 0 Å². The van der Waals surface area contributed by atoms with Gasteiger partial charge in [0.15, 0.2) is 0 Å². The fourth-order valence-electron chi connectivity index (χ4n) is 2.97. The number of hydrogen-bond acceptors (Lipinski definition) is 6. The first-order chi connectivity index (χ1) is 12.9. The highest BCUT2D eigenvalue weighted by molar-refractivity contribution is 7.88.